The second kappa shape index (κ2) is 2.03. The summed E-state index contributed by atoms with van der Waals surface area (Å²) in [4.78, 5) is 25.6. The first kappa shape index (κ1) is 6.29. The number of hydrogen-bond acceptors (Lipinski definition) is 4. The highest BCUT2D eigenvalue weighted by atomic mass is 32.1. The molecule has 0 atom stereocenters. The third kappa shape index (κ3) is 0.795. The van der Waals surface area contributed by atoms with Crippen LogP contribution in [0.5, 0.6) is 0 Å². The molecule has 0 N–H and O–H groups in total. The van der Waals surface area contributed by atoms with Gasteiger partial charge in [0.1, 0.15) is 4.88 Å². The molecule has 2 heterocycles. The van der Waals surface area contributed by atoms with Crippen molar-refractivity contribution in [1.82, 2.24) is 4.98 Å². The molecule has 1 aromatic heterocycles. The van der Waals surface area contributed by atoms with Gasteiger partial charge in [-0.15, -0.1) is 21.6 Å². The number of azo groups is 1. The van der Waals surface area contributed by atoms with Gasteiger partial charge in [0.2, 0.25) is 0 Å². The number of nitrogens with zero attached hydrogens (tertiary/aromatic N) is 3. The molecule has 2 rings (SSSR count). The Morgan fingerprint density at radius 1 is 1.18 bits per heavy atom. The molecule has 0 radical (unpaired) electrons. The van der Waals surface area contributed by atoms with Gasteiger partial charge in [0.05, 0.1) is 5.51 Å². The summed E-state index contributed by atoms with van der Waals surface area (Å²) >= 11 is 1.10. The number of carbonyl (C=O) groups excluding carboxylic acids is 2. The van der Waals surface area contributed by atoms with Gasteiger partial charge in [-0.05, 0) is 0 Å². The van der Waals surface area contributed by atoms with Crippen LogP contribution >= 0.6 is 11.3 Å². The van der Waals surface area contributed by atoms with Gasteiger partial charge in [-0.1, -0.05) is 0 Å². The largest absolute Gasteiger partial charge is 0.315 e. The molecule has 0 aliphatic carbocycles. The normalized spacial score (nSPS) is 15.3. The van der Waals surface area contributed by atoms with E-state index >= 15 is 0 Å². The molecule has 6 heteroatoms. The average molecular weight is 167 g/mol. The quantitative estimate of drug-likeness (QED) is 0.576. The highest BCUT2D eigenvalue weighted by Crippen LogP contribution is 2.19. The highest BCUT2D eigenvalue weighted by molar-refractivity contribution is 7.12. The van der Waals surface area contributed by atoms with E-state index in [-0.39, 0.29) is 10.6 Å². The second-order valence-corrected chi connectivity index (χ2v) is 2.70. The van der Waals surface area contributed by atoms with Crippen molar-refractivity contribution in [3.63, 3.8) is 0 Å². The predicted molar refractivity (Wildman–Crippen MR) is 35.6 cm³/mol. The van der Waals surface area contributed by atoms with E-state index in [1.165, 1.54) is 5.51 Å². The van der Waals surface area contributed by atoms with Gasteiger partial charge in [0.15, 0.2) is 5.69 Å². The minimum atomic E-state index is -0.541. The van der Waals surface area contributed by atoms with Crippen molar-refractivity contribution in [2.24, 2.45) is 10.2 Å². The van der Waals surface area contributed by atoms with Crippen LogP contribution in [0, 0.1) is 0 Å². The molecular weight excluding hydrogens is 166 g/mol. The maximum absolute atomic E-state index is 10.8. The molecule has 1 aromatic rings. The van der Waals surface area contributed by atoms with Gasteiger partial charge < -0.3 is 0 Å². The molecule has 2 amide bonds. The molecule has 54 valence electrons. The van der Waals surface area contributed by atoms with Crippen molar-refractivity contribution in [1.29, 1.82) is 0 Å². The van der Waals surface area contributed by atoms with Crippen LogP contribution in [0.25, 0.3) is 0 Å². The molecule has 0 aromatic carbocycles. The van der Waals surface area contributed by atoms with E-state index < -0.39 is 11.8 Å². The Hall–Kier alpha value is -1.43. The summed E-state index contributed by atoms with van der Waals surface area (Å²) in [6.07, 6.45) is 0. The molecule has 0 bridgehead atoms. The summed E-state index contributed by atoms with van der Waals surface area (Å²) in [5, 5.41) is 6.24. The lowest BCUT2D eigenvalue weighted by molar-refractivity contribution is 0.0921. The SMILES string of the molecule is O=C1N=NC(=O)c2scnc21. The standard InChI is InChI=1S/C5HN3O2S/c9-4-2-3(11-1-6-2)5(10)8-7-4/h1H. The van der Waals surface area contributed by atoms with Crippen LogP contribution in [-0.4, -0.2) is 16.8 Å². The maximum atomic E-state index is 10.8. The summed E-state index contributed by atoms with van der Waals surface area (Å²) in [5.74, 6) is -1.03. The summed E-state index contributed by atoms with van der Waals surface area (Å²) in [6, 6.07) is 0. The van der Waals surface area contributed by atoms with Gasteiger partial charge in [-0.2, -0.15) is 0 Å². The zero-order valence-corrected chi connectivity index (χ0v) is 5.96. The number of rotatable bonds is 0. The Kier molecular flexibility index (Phi) is 1.16. The van der Waals surface area contributed by atoms with Crippen LogP contribution in [0.2, 0.25) is 0 Å². The van der Waals surface area contributed by atoms with Crippen molar-refractivity contribution < 1.29 is 9.59 Å². The number of hydrogen-bond donors (Lipinski definition) is 0. The van der Waals surface area contributed by atoms with Crippen LogP contribution < -0.4 is 0 Å². The molecule has 0 spiro atoms. The van der Waals surface area contributed by atoms with E-state index in [4.69, 9.17) is 0 Å². The molecule has 1 aliphatic rings. The molecule has 0 fully saturated rings. The molecule has 0 unspecified atom stereocenters. The third-order valence-corrected chi connectivity index (χ3v) is 2.01. The second-order valence-electron chi connectivity index (χ2n) is 1.84. The maximum Gasteiger partial charge on any atom is 0.315 e. The number of thiazole rings is 1. The van der Waals surface area contributed by atoms with E-state index in [0.717, 1.165) is 11.3 Å². The first-order valence-corrected chi connectivity index (χ1v) is 3.61. The molecule has 0 saturated heterocycles. The summed E-state index contributed by atoms with van der Waals surface area (Å²) < 4.78 is 0. The Balaban J connectivity index is 2.68. The highest BCUT2D eigenvalue weighted by Gasteiger charge is 2.24. The number of amides is 2. The van der Waals surface area contributed by atoms with Crippen LogP contribution in [0.15, 0.2) is 15.7 Å². The van der Waals surface area contributed by atoms with E-state index in [1.807, 2.05) is 0 Å². The Bertz CT molecular complexity index is 335. The van der Waals surface area contributed by atoms with Crippen molar-refractivity contribution in [3.8, 4) is 0 Å². The molecule has 11 heavy (non-hydrogen) atoms. The van der Waals surface area contributed by atoms with Gasteiger partial charge in [-0.25, -0.2) is 4.98 Å². The van der Waals surface area contributed by atoms with Crippen molar-refractivity contribution in [2.45, 2.75) is 0 Å². The average Bonchev–Trinajstić information content (AvgIpc) is 2.45. The van der Waals surface area contributed by atoms with E-state index in [0.29, 0.717) is 0 Å². The molecular formula is C5HN3O2S. The smallest absolute Gasteiger partial charge is 0.264 e. The summed E-state index contributed by atoms with van der Waals surface area (Å²) in [7, 11) is 0. The lowest BCUT2D eigenvalue weighted by atomic mass is 10.3. The molecule has 1 aliphatic heterocycles. The van der Waals surface area contributed by atoms with Gasteiger partial charge in [-0.3, -0.25) is 9.59 Å². The Labute approximate surface area is 64.8 Å². The summed E-state index contributed by atoms with van der Waals surface area (Å²) in [6.45, 7) is 0. The van der Waals surface area contributed by atoms with E-state index in [9.17, 15) is 9.59 Å². The Morgan fingerprint density at radius 2 is 1.91 bits per heavy atom. The van der Waals surface area contributed by atoms with E-state index in [1.54, 1.807) is 0 Å². The van der Waals surface area contributed by atoms with Crippen molar-refractivity contribution in [2.75, 3.05) is 0 Å². The zero-order valence-electron chi connectivity index (χ0n) is 5.14. The van der Waals surface area contributed by atoms with Crippen LogP contribution in [0.3, 0.4) is 0 Å². The fourth-order valence-electron chi connectivity index (χ4n) is 0.734. The monoisotopic (exact) mass is 167 g/mol. The van der Waals surface area contributed by atoms with Gasteiger partial charge in [0, 0.05) is 0 Å². The first-order chi connectivity index (χ1) is 5.29. The van der Waals surface area contributed by atoms with E-state index in [2.05, 4.69) is 15.2 Å². The molecule has 5 nitrogen and oxygen atoms in total. The lowest BCUT2D eigenvalue weighted by Crippen LogP contribution is -2.08. The number of aromatic nitrogens is 1. The summed E-state index contributed by atoms with van der Waals surface area (Å²) in [5.41, 5.74) is 1.55. The van der Waals surface area contributed by atoms with Crippen LogP contribution in [-0.2, 0) is 0 Å². The van der Waals surface area contributed by atoms with Crippen LogP contribution in [0.4, 0.5) is 0 Å². The fourth-order valence-corrected chi connectivity index (χ4v) is 1.39. The predicted octanol–water partition coefficient (Wildman–Crippen LogP) is 0.889. The third-order valence-electron chi connectivity index (χ3n) is 1.20. The Morgan fingerprint density at radius 3 is 2.64 bits per heavy atom. The van der Waals surface area contributed by atoms with Gasteiger partial charge in [0.25, 0.3) is 0 Å². The van der Waals surface area contributed by atoms with Crippen molar-refractivity contribution in [3.05, 3.63) is 16.1 Å². The first-order valence-electron chi connectivity index (χ1n) is 2.73. The number of fused-ring (bicyclic) bond motifs is 1. The van der Waals surface area contributed by atoms with Crippen LogP contribution in [0.1, 0.15) is 20.2 Å². The fraction of sp³-hybridized carbons (Fsp3) is 0. The molecule has 0 saturated carbocycles. The number of carbonyl (C=O) groups is 2. The minimum absolute atomic E-state index is 0.120. The minimum Gasteiger partial charge on any atom is -0.264 e. The lowest BCUT2D eigenvalue weighted by Gasteiger charge is -1.96. The van der Waals surface area contributed by atoms with Gasteiger partial charge >= 0.3 is 11.8 Å². The zero-order chi connectivity index (χ0) is 7.84. The topological polar surface area (TPSA) is 71.8 Å². The van der Waals surface area contributed by atoms with Crippen molar-refractivity contribution >= 4 is 23.2 Å².